The van der Waals surface area contributed by atoms with Crippen LogP contribution in [0.5, 0.6) is 5.75 Å². The molecule has 2 aromatic rings. The number of benzene rings is 1. The summed E-state index contributed by atoms with van der Waals surface area (Å²) in [6, 6.07) is 7.57. The van der Waals surface area contributed by atoms with Crippen molar-refractivity contribution in [2.45, 2.75) is 56.6 Å². The predicted molar refractivity (Wildman–Crippen MR) is 111 cm³/mol. The van der Waals surface area contributed by atoms with Gasteiger partial charge in [-0.1, -0.05) is 49.7 Å². The summed E-state index contributed by atoms with van der Waals surface area (Å²) in [5.41, 5.74) is 2.73. The van der Waals surface area contributed by atoms with Crippen LogP contribution in [0.15, 0.2) is 40.7 Å². The van der Waals surface area contributed by atoms with Gasteiger partial charge in [0.25, 0.3) is 0 Å². The molecule has 1 atom stereocenters. The van der Waals surface area contributed by atoms with Gasteiger partial charge in [-0.05, 0) is 25.3 Å². The van der Waals surface area contributed by atoms with Crippen molar-refractivity contribution in [3.63, 3.8) is 0 Å². The van der Waals surface area contributed by atoms with E-state index in [1.807, 2.05) is 28.9 Å². The largest absolute Gasteiger partial charge is 0.496 e. The number of aromatic nitrogens is 3. The minimum absolute atomic E-state index is 0.183. The van der Waals surface area contributed by atoms with Crippen LogP contribution in [0.3, 0.4) is 0 Å². The number of unbranched alkanes of at least 4 members (excludes halogenated alkanes) is 2. The summed E-state index contributed by atoms with van der Waals surface area (Å²) in [6.45, 7) is 2.20. The topological polar surface area (TPSA) is 69.0 Å². The molecule has 4 rings (SSSR count). The highest BCUT2D eigenvalue weighted by Gasteiger charge is 2.38. The van der Waals surface area contributed by atoms with Gasteiger partial charge in [0.15, 0.2) is 5.78 Å². The Hall–Kier alpha value is -2.28. The van der Waals surface area contributed by atoms with E-state index in [2.05, 4.69) is 12.2 Å². The van der Waals surface area contributed by atoms with E-state index in [1.165, 1.54) is 12.8 Å². The molecule has 1 aromatic heterocycles. The number of fused-ring (bicyclic) bond motifs is 1. The molecule has 0 fully saturated rings. The number of methoxy groups -OCH3 is 1. The molecule has 0 radical (unpaired) electrons. The summed E-state index contributed by atoms with van der Waals surface area (Å²) in [4.78, 5) is 17.6. The lowest BCUT2D eigenvalue weighted by Gasteiger charge is -2.32. The summed E-state index contributed by atoms with van der Waals surface area (Å²) < 4.78 is 7.47. The first kappa shape index (κ1) is 19.1. The van der Waals surface area contributed by atoms with Crippen molar-refractivity contribution in [3.8, 4) is 5.75 Å². The van der Waals surface area contributed by atoms with E-state index in [0.717, 1.165) is 52.8 Å². The molecule has 148 valence electrons. The van der Waals surface area contributed by atoms with Gasteiger partial charge in [-0.15, -0.1) is 5.10 Å². The molecule has 1 aliphatic carbocycles. The quantitative estimate of drug-likeness (QED) is 0.543. The third-order valence-electron chi connectivity index (χ3n) is 5.26. The van der Waals surface area contributed by atoms with Crippen molar-refractivity contribution in [1.82, 2.24) is 14.8 Å². The number of Topliss-reactive ketones (excluding diaryl/α,β-unsaturated/α-hetero) is 1. The number of carbonyl (C=O) groups is 1. The molecule has 0 saturated heterocycles. The second-order valence-corrected chi connectivity index (χ2v) is 8.22. The molecule has 0 spiro atoms. The number of carbonyl (C=O) groups excluding carboxylic acids is 1. The van der Waals surface area contributed by atoms with E-state index in [4.69, 9.17) is 14.8 Å². The summed E-state index contributed by atoms with van der Waals surface area (Å²) in [5.74, 6) is 2.66. The van der Waals surface area contributed by atoms with Crippen molar-refractivity contribution >= 4 is 23.5 Å². The Kier molecular flexibility index (Phi) is 5.71. The zero-order valence-electron chi connectivity index (χ0n) is 16.4. The maximum Gasteiger partial charge on any atom is 0.227 e. The van der Waals surface area contributed by atoms with E-state index in [1.54, 1.807) is 18.9 Å². The maximum absolute atomic E-state index is 12.9. The van der Waals surface area contributed by atoms with Crippen LogP contribution in [0, 0.1) is 0 Å². The molecular weight excluding hydrogens is 372 g/mol. The van der Waals surface area contributed by atoms with Crippen LogP contribution in [0.25, 0.3) is 0 Å². The minimum atomic E-state index is -0.298. The Labute approximate surface area is 169 Å². The monoisotopic (exact) mass is 398 g/mol. The first-order valence-electron chi connectivity index (χ1n) is 9.98. The third kappa shape index (κ3) is 3.55. The van der Waals surface area contributed by atoms with Gasteiger partial charge in [-0.25, -0.2) is 4.68 Å². The van der Waals surface area contributed by atoms with Crippen molar-refractivity contribution in [1.29, 1.82) is 0 Å². The molecule has 6 nitrogen and oxygen atoms in total. The van der Waals surface area contributed by atoms with Crippen molar-refractivity contribution in [3.05, 3.63) is 41.1 Å². The Morgan fingerprint density at radius 3 is 2.96 bits per heavy atom. The number of hydrogen-bond donors (Lipinski definition) is 1. The number of anilines is 1. The summed E-state index contributed by atoms with van der Waals surface area (Å²) in [5, 5.41) is 8.91. The first-order chi connectivity index (χ1) is 13.7. The number of ether oxygens (including phenoxy) is 1. The Bertz CT molecular complexity index is 906. The van der Waals surface area contributed by atoms with Crippen molar-refractivity contribution in [2.75, 3.05) is 18.2 Å². The van der Waals surface area contributed by atoms with Crippen LogP contribution >= 0.6 is 11.8 Å². The van der Waals surface area contributed by atoms with Crippen LogP contribution in [-0.2, 0) is 4.79 Å². The average Bonchev–Trinajstić information content (AvgIpc) is 3.12. The molecule has 0 saturated carbocycles. The number of nitrogens with one attached hydrogen (secondary N) is 1. The number of rotatable bonds is 7. The van der Waals surface area contributed by atoms with Gasteiger partial charge in [-0.2, -0.15) is 4.98 Å². The van der Waals surface area contributed by atoms with Gasteiger partial charge < -0.3 is 10.1 Å². The van der Waals surface area contributed by atoms with Gasteiger partial charge in [-0.3, -0.25) is 4.79 Å². The molecule has 1 N–H and O–H groups in total. The molecule has 0 unspecified atom stereocenters. The van der Waals surface area contributed by atoms with Gasteiger partial charge in [0.1, 0.15) is 11.8 Å². The highest BCUT2D eigenvalue weighted by molar-refractivity contribution is 7.99. The average molecular weight is 399 g/mol. The van der Waals surface area contributed by atoms with Gasteiger partial charge in [0.2, 0.25) is 11.1 Å². The van der Waals surface area contributed by atoms with Crippen LogP contribution in [-0.4, -0.2) is 33.4 Å². The highest BCUT2D eigenvalue weighted by atomic mass is 32.2. The molecule has 1 aromatic carbocycles. The Morgan fingerprint density at radius 1 is 1.29 bits per heavy atom. The molecule has 28 heavy (non-hydrogen) atoms. The molecular formula is C21H26N4O2S. The minimum Gasteiger partial charge on any atom is -0.496 e. The second-order valence-electron chi connectivity index (χ2n) is 7.16. The van der Waals surface area contributed by atoms with Crippen LogP contribution in [0.4, 0.5) is 5.95 Å². The van der Waals surface area contributed by atoms with E-state index in [-0.39, 0.29) is 11.8 Å². The smallest absolute Gasteiger partial charge is 0.227 e. The molecule has 7 heteroatoms. The number of allylic oxidation sites excluding steroid dienone is 2. The Balaban J connectivity index is 1.74. The Morgan fingerprint density at radius 2 is 2.14 bits per heavy atom. The fourth-order valence-electron chi connectivity index (χ4n) is 3.89. The van der Waals surface area contributed by atoms with Crippen molar-refractivity contribution in [2.24, 2.45) is 0 Å². The lowest BCUT2D eigenvalue weighted by molar-refractivity contribution is -0.116. The molecule has 1 aliphatic heterocycles. The molecule has 2 heterocycles. The number of nitrogens with zero attached hydrogens (tertiary/aromatic N) is 3. The molecule has 0 bridgehead atoms. The summed E-state index contributed by atoms with van der Waals surface area (Å²) >= 11 is 1.68. The van der Waals surface area contributed by atoms with Gasteiger partial charge in [0.05, 0.1) is 7.11 Å². The standard InChI is InChI=1S/C21H26N4O2S/c1-3-4-7-13-28-21-23-20-22-15-10-8-11-16(26)18(15)19(25(20)24-21)14-9-5-6-12-17(14)27-2/h5-6,9,12,19H,3-4,7-8,10-11,13H2,1-2H3,(H,22,23,24)/t19-/m0/s1. The van der Waals surface area contributed by atoms with E-state index < -0.39 is 0 Å². The summed E-state index contributed by atoms with van der Waals surface area (Å²) in [6.07, 6.45) is 5.88. The lowest BCUT2D eigenvalue weighted by Crippen LogP contribution is -2.31. The number of para-hydroxylation sites is 1. The van der Waals surface area contributed by atoms with Gasteiger partial charge >= 0.3 is 0 Å². The van der Waals surface area contributed by atoms with E-state index in [0.29, 0.717) is 12.4 Å². The highest BCUT2D eigenvalue weighted by Crippen LogP contribution is 2.43. The predicted octanol–water partition coefficient (Wildman–Crippen LogP) is 4.59. The van der Waals surface area contributed by atoms with Gasteiger partial charge in [0, 0.05) is 29.0 Å². The van der Waals surface area contributed by atoms with Crippen LogP contribution in [0.2, 0.25) is 0 Å². The SMILES string of the molecule is CCCCCSc1nc2n(n1)[C@@H](c1ccccc1OC)C1=C(CCCC1=O)N2. The van der Waals surface area contributed by atoms with Crippen LogP contribution in [0.1, 0.15) is 57.1 Å². The zero-order chi connectivity index (χ0) is 19.5. The van der Waals surface area contributed by atoms with E-state index >= 15 is 0 Å². The number of thioether (sulfide) groups is 1. The van der Waals surface area contributed by atoms with Crippen LogP contribution < -0.4 is 10.1 Å². The number of ketones is 1. The third-order valence-corrected chi connectivity index (χ3v) is 6.19. The molecule has 0 amide bonds. The first-order valence-corrected chi connectivity index (χ1v) is 11.0. The normalized spacial score (nSPS) is 18.5. The zero-order valence-corrected chi connectivity index (χ0v) is 17.2. The van der Waals surface area contributed by atoms with E-state index in [9.17, 15) is 4.79 Å². The number of hydrogen-bond acceptors (Lipinski definition) is 6. The fourth-order valence-corrected chi connectivity index (χ4v) is 4.72. The van der Waals surface area contributed by atoms with Crippen molar-refractivity contribution < 1.29 is 9.53 Å². The molecule has 2 aliphatic rings. The maximum atomic E-state index is 12.9. The summed E-state index contributed by atoms with van der Waals surface area (Å²) in [7, 11) is 1.66. The fraction of sp³-hybridized carbons (Fsp3) is 0.476. The lowest BCUT2D eigenvalue weighted by atomic mass is 9.85. The second kappa shape index (κ2) is 8.39.